The first kappa shape index (κ1) is 16.7. The first-order valence-electron chi connectivity index (χ1n) is 7.30. The number of anilines is 1. The number of aromatic nitrogens is 1. The second-order valence-corrected chi connectivity index (χ2v) is 5.80. The van der Waals surface area contributed by atoms with Gasteiger partial charge in [0, 0.05) is 5.38 Å². The zero-order valence-corrected chi connectivity index (χ0v) is 14.4. The number of nitrogens with zero attached hydrogens (tertiary/aromatic N) is 2. The Labute approximate surface area is 147 Å². The van der Waals surface area contributed by atoms with Crippen LogP contribution in [0.2, 0.25) is 0 Å². The van der Waals surface area contributed by atoms with Gasteiger partial charge in [0.05, 0.1) is 25.3 Å². The lowest BCUT2D eigenvalue weighted by Crippen LogP contribution is -2.08. The van der Waals surface area contributed by atoms with Crippen LogP contribution < -0.4 is 14.9 Å². The Balaban J connectivity index is 1.69. The summed E-state index contributed by atoms with van der Waals surface area (Å²) in [6, 6.07) is 8.25. The van der Waals surface area contributed by atoms with Crippen molar-refractivity contribution in [3.8, 4) is 11.5 Å². The van der Waals surface area contributed by atoms with Gasteiger partial charge in [-0.05, 0) is 42.8 Å². The third kappa shape index (κ3) is 4.24. The van der Waals surface area contributed by atoms with Crippen molar-refractivity contribution < 1.29 is 18.7 Å². The largest absolute Gasteiger partial charge is 0.493 e. The standard InChI is InChI=1S/C17H15N3O4S/c1-11-10-25-17(19-11)20-18-9-12-5-6-13(15(8-12)22-2)24-16(21)14-4-3-7-23-14/h3-10H,1-2H3,(H,19,20)/b18-9-. The van der Waals surface area contributed by atoms with Gasteiger partial charge in [0.25, 0.3) is 0 Å². The van der Waals surface area contributed by atoms with Gasteiger partial charge in [0.1, 0.15) is 0 Å². The van der Waals surface area contributed by atoms with Crippen molar-refractivity contribution in [2.45, 2.75) is 6.92 Å². The second-order valence-electron chi connectivity index (χ2n) is 4.94. The van der Waals surface area contributed by atoms with Crippen LogP contribution in [0.25, 0.3) is 0 Å². The summed E-state index contributed by atoms with van der Waals surface area (Å²) >= 11 is 1.47. The van der Waals surface area contributed by atoms with Crippen LogP contribution in [0.1, 0.15) is 21.8 Å². The van der Waals surface area contributed by atoms with E-state index in [1.807, 2.05) is 12.3 Å². The van der Waals surface area contributed by atoms with Gasteiger partial charge in [0.2, 0.25) is 10.9 Å². The molecular weight excluding hydrogens is 342 g/mol. The molecule has 2 heterocycles. The fourth-order valence-corrected chi connectivity index (χ4v) is 2.60. The fourth-order valence-electron chi connectivity index (χ4n) is 1.96. The number of furan rings is 1. The molecule has 1 aromatic carbocycles. The molecule has 0 radical (unpaired) electrons. The van der Waals surface area contributed by atoms with Crippen molar-refractivity contribution in [3.05, 3.63) is 59.0 Å². The lowest BCUT2D eigenvalue weighted by molar-refractivity contribution is 0.0696. The monoisotopic (exact) mass is 357 g/mol. The molecule has 7 nitrogen and oxygen atoms in total. The van der Waals surface area contributed by atoms with Crippen LogP contribution in [-0.2, 0) is 0 Å². The molecule has 2 aromatic heterocycles. The van der Waals surface area contributed by atoms with E-state index >= 15 is 0 Å². The Bertz CT molecular complexity index is 887. The van der Waals surface area contributed by atoms with Crippen LogP contribution >= 0.6 is 11.3 Å². The van der Waals surface area contributed by atoms with E-state index in [1.54, 1.807) is 30.5 Å². The highest BCUT2D eigenvalue weighted by molar-refractivity contribution is 7.13. The van der Waals surface area contributed by atoms with Crippen molar-refractivity contribution in [3.63, 3.8) is 0 Å². The van der Waals surface area contributed by atoms with E-state index < -0.39 is 5.97 Å². The molecule has 0 saturated heterocycles. The van der Waals surface area contributed by atoms with Crippen molar-refractivity contribution >= 4 is 28.7 Å². The number of carbonyl (C=O) groups excluding carboxylic acids is 1. The second kappa shape index (κ2) is 7.63. The summed E-state index contributed by atoms with van der Waals surface area (Å²) in [6.07, 6.45) is 3.03. The maximum Gasteiger partial charge on any atom is 0.379 e. The van der Waals surface area contributed by atoms with Gasteiger partial charge in [-0.2, -0.15) is 5.10 Å². The number of carbonyl (C=O) groups is 1. The average molecular weight is 357 g/mol. The third-order valence-electron chi connectivity index (χ3n) is 3.11. The van der Waals surface area contributed by atoms with E-state index in [-0.39, 0.29) is 5.76 Å². The van der Waals surface area contributed by atoms with E-state index in [2.05, 4.69) is 15.5 Å². The smallest absolute Gasteiger partial charge is 0.379 e. The van der Waals surface area contributed by atoms with E-state index in [9.17, 15) is 4.79 Å². The Morgan fingerprint density at radius 3 is 2.92 bits per heavy atom. The van der Waals surface area contributed by atoms with Crippen LogP contribution in [-0.4, -0.2) is 24.3 Å². The first-order chi connectivity index (χ1) is 12.2. The minimum atomic E-state index is -0.592. The zero-order chi connectivity index (χ0) is 17.6. The quantitative estimate of drug-likeness (QED) is 0.313. The predicted molar refractivity (Wildman–Crippen MR) is 94.7 cm³/mol. The van der Waals surface area contributed by atoms with Crippen LogP contribution in [0.15, 0.2) is 51.5 Å². The Morgan fingerprint density at radius 2 is 2.24 bits per heavy atom. The molecule has 8 heteroatoms. The highest BCUT2D eigenvalue weighted by Crippen LogP contribution is 2.28. The number of hydrazone groups is 1. The normalized spacial score (nSPS) is 10.8. The number of aryl methyl sites for hydroxylation is 1. The summed E-state index contributed by atoms with van der Waals surface area (Å²) in [4.78, 5) is 16.2. The van der Waals surface area contributed by atoms with Gasteiger partial charge >= 0.3 is 5.97 Å². The molecule has 0 aliphatic rings. The molecule has 0 spiro atoms. The molecule has 0 atom stereocenters. The molecule has 0 fully saturated rings. The predicted octanol–water partition coefficient (Wildman–Crippen LogP) is 3.72. The first-order valence-corrected chi connectivity index (χ1v) is 8.18. The van der Waals surface area contributed by atoms with Crippen molar-refractivity contribution in [2.24, 2.45) is 5.10 Å². The highest BCUT2D eigenvalue weighted by Gasteiger charge is 2.14. The number of rotatable bonds is 6. The van der Waals surface area contributed by atoms with E-state index in [1.165, 1.54) is 30.8 Å². The number of esters is 1. The Morgan fingerprint density at radius 1 is 1.36 bits per heavy atom. The number of nitrogens with one attached hydrogen (secondary N) is 1. The zero-order valence-electron chi connectivity index (χ0n) is 13.6. The summed E-state index contributed by atoms with van der Waals surface area (Å²) in [5.41, 5.74) is 4.57. The van der Waals surface area contributed by atoms with E-state index in [0.29, 0.717) is 16.6 Å². The molecule has 25 heavy (non-hydrogen) atoms. The molecule has 0 amide bonds. The van der Waals surface area contributed by atoms with Gasteiger partial charge in [-0.3, -0.25) is 5.43 Å². The summed E-state index contributed by atoms with van der Waals surface area (Å²) in [7, 11) is 1.50. The topological polar surface area (TPSA) is 86.0 Å². The minimum Gasteiger partial charge on any atom is -0.493 e. The summed E-state index contributed by atoms with van der Waals surface area (Å²) in [5.74, 6) is 0.236. The van der Waals surface area contributed by atoms with Crippen LogP contribution in [0.4, 0.5) is 5.13 Å². The maximum atomic E-state index is 11.9. The van der Waals surface area contributed by atoms with Gasteiger partial charge < -0.3 is 13.9 Å². The summed E-state index contributed by atoms with van der Waals surface area (Å²) < 4.78 is 15.6. The number of hydrogen-bond acceptors (Lipinski definition) is 8. The van der Waals surface area contributed by atoms with Crippen LogP contribution in [0.3, 0.4) is 0 Å². The molecule has 128 valence electrons. The molecule has 0 bridgehead atoms. The average Bonchev–Trinajstić information content (AvgIpc) is 3.28. The lowest BCUT2D eigenvalue weighted by atomic mass is 10.2. The third-order valence-corrected chi connectivity index (χ3v) is 3.97. The molecule has 0 unspecified atom stereocenters. The van der Waals surface area contributed by atoms with Crippen molar-refractivity contribution in [1.82, 2.24) is 4.98 Å². The number of methoxy groups -OCH3 is 1. The van der Waals surface area contributed by atoms with Crippen LogP contribution in [0, 0.1) is 6.92 Å². The Kier molecular flexibility index (Phi) is 5.10. The molecular formula is C17H15N3O4S. The highest BCUT2D eigenvalue weighted by atomic mass is 32.1. The maximum absolute atomic E-state index is 11.9. The van der Waals surface area contributed by atoms with Crippen molar-refractivity contribution in [1.29, 1.82) is 0 Å². The van der Waals surface area contributed by atoms with Crippen molar-refractivity contribution in [2.75, 3.05) is 12.5 Å². The number of ether oxygens (including phenoxy) is 2. The van der Waals surface area contributed by atoms with E-state index in [0.717, 1.165) is 11.3 Å². The number of thiazole rings is 1. The minimum absolute atomic E-state index is 0.121. The van der Waals surface area contributed by atoms with Gasteiger partial charge in [-0.15, -0.1) is 11.3 Å². The summed E-state index contributed by atoms with van der Waals surface area (Å²) in [5, 5.41) is 6.77. The molecule has 0 saturated carbocycles. The summed E-state index contributed by atoms with van der Waals surface area (Å²) in [6.45, 7) is 1.92. The van der Waals surface area contributed by atoms with Gasteiger partial charge in [-0.1, -0.05) is 0 Å². The van der Waals surface area contributed by atoms with Gasteiger partial charge in [-0.25, -0.2) is 9.78 Å². The fraction of sp³-hybridized carbons (Fsp3) is 0.118. The lowest BCUT2D eigenvalue weighted by Gasteiger charge is -2.08. The molecule has 0 aliphatic heterocycles. The van der Waals surface area contributed by atoms with Gasteiger partial charge in [0.15, 0.2) is 11.5 Å². The number of benzene rings is 1. The van der Waals surface area contributed by atoms with Crippen LogP contribution in [0.5, 0.6) is 11.5 Å². The molecule has 0 aliphatic carbocycles. The SMILES string of the molecule is COc1cc(/C=N\Nc2nc(C)cs2)ccc1OC(=O)c1ccco1. The molecule has 3 aromatic rings. The molecule has 3 rings (SSSR count). The molecule has 1 N–H and O–H groups in total. The number of hydrogen-bond donors (Lipinski definition) is 1. The Hall–Kier alpha value is -3.13. The van der Waals surface area contributed by atoms with E-state index in [4.69, 9.17) is 13.9 Å².